The Hall–Kier alpha value is -2.38. The van der Waals surface area contributed by atoms with Gasteiger partial charge in [-0.05, 0) is 31.4 Å². The molecule has 32 heavy (non-hydrogen) atoms. The number of halogens is 2. The lowest BCUT2D eigenvalue weighted by Crippen LogP contribution is -2.40. The Balaban J connectivity index is 2.05. The number of carbonyl (C=O) groups excluding carboxylic acids is 1. The van der Waals surface area contributed by atoms with Crippen molar-refractivity contribution in [2.24, 2.45) is 0 Å². The molecule has 2 heterocycles. The number of hydrogen-bond donors (Lipinski definition) is 0. The van der Waals surface area contributed by atoms with Crippen LogP contribution in [0.2, 0.25) is 10.0 Å². The van der Waals surface area contributed by atoms with Gasteiger partial charge >= 0.3 is 5.69 Å². The predicted molar refractivity (Wildman–Crippen MR) is 126 cm³/mol. The van der Waals surface area contributed by atoms with E-state index < -0.39 is 0 Å². The number of aromatic nitrogens is 4. The van der Waals surface area contributed by atoms with Crippen LogP contribution in [0.1, 0.15) is 63.3 Å². The Bertz CT molecular complexity index is 1290. The lowest BCUT2D eigenvalue weighted by atomic mass is 10.1. The molecule has 0 spiro atoms. The first-order valence-electron chi connectivity index (χ1n) is 11.1. The molecule has 1 saturated carbocycles. The van der Waals surface area contributed by atoms with Gasteiger partial charge in [-0.25, -0.2) is 9.78 Å². The van der Waals surface area contributed by atoms with Gasteiger partial charge in [0.2, 0.25) is 0 Å². The molecular weight excluding hydrogens is 451 g/mol. The molecule has 0 bridgehead atoms. The van der Waals surface area contributed by atoms with Crippen LogP contribution in [0.5, 0.6) is 0 Å². The van der Waals surface area contributed by atoms with Gasteiger partial charge in [-0.15, -0.1) is 0 Å². The number of imidazole rings is 1. The molecule has 4 rings (SSSR count). The molecule has 0 radical (unpaired) electrons. The highest BCUT2D eigenvalue weighted by atomic mass is 35.5. The molecular formula is C23H26Cl2N4O3. The molecule has 1 fully saturated rings. The van der Waals surface area contributed by atoms with Crippen LogP contribution in [0, 0.1) is 0 Å². The fourth-order valence-electron chi connectivity index (χ4n) is 4.50. The molecule has 0 amide bonds. The zero-order valence-corrected chi connectivity index (χ0v) is 19.7. The van der Waals surface area contributed by atoms with Gasteiger partial charge in [0.15, 0.2) is 11.2 Å². The molecule has 0 N–H and O–H groups in total. The van der Waals surface area contributed by atoms with Crippen LogP contribution in [0.3, 0.4) is 0 Å². The van der Waals surface area contributed by atoms with Crippen molar-refractivity contribution in [1.82, 2.24) is 18.7 Å². The number of nitrogens with zero attached hydrogens (tertiary/aromatic N) is 4. The third-order valence-electron chi connectivity index (χ3n) is 6.03. The lowest BCUT2D eigenvalue weighted by molar-refractivity contribution is -0.117. The van der Waals surface area contributed by atoms with Crippen LogP contribution >= 0.6 is 23.2 Å². The molecule has 170 valence electrons. The molecule has 1 aliphatic rings. The van der Waals surface area contributed by atoms with Crippen molar-refractivity contribution in [2.45, 2.75) is 71.5 Å². The Morgan fingerprint density at radius 2 is 1.66 bits per heavy atom. The Kier molecular flexibility index (Phi) is 6.58. The number of hydrogen-bond acceptors (Lipinski definition) is 4. The van der Waals surface area contributed by atoms with E-state index in [0.717, 1.165) is 6.42 Å². The average Bonchev–Trinajstić information content (AvgIpc) is 3.35. The second-order valence-corrected chi connectivity index (χ2v) is 9.11. The SMILES string of the molecule is CCCn1c(=O)c2c(nc([C@H]3CCC(=O)C3)n2Cc2c(Cl)cccc2Cl)n(CCC)c1=O. The average molecular weight is 477 g/mol. The quantitative estimate of drug-likeness (QED) is 0.506. The summed E-state index contributed by atoms with van der Waals surface area (Å²) in [6.07, 6.45) is 2.91. The van der Waals surface area contributed by atoms with Crippen LogP contribution in [0.4, 0.5) is 0 Å². The van der Waals surface area contributed by atoms with Crippen molar-refractivity contribution in [1.29, 1.82) is 0 Å². The Morgan fingerprint density at radius 3 is 2.25 bits per heavy atom. The number of ketones is 1. The monoisotopic (exact) mass is 476 g/mol. The van der Waals surface area contributed by atoms with Gasteiger partial charge in [-0.2, -0.15) is 0 Å². The molecule has 9 heteroatoms. The molecule has 2 aromatic heterocycles. The summed E-state index contributed by atoms with van der Waals surface area (Å²) in [7, 11) is 0. The molecule has 0 aliphatic heterocycles. The number of rotatable bonds is 7. The molecule has 1 aromatic carbocycles. The maximum atomic E-state index is 13.5. The summed E-state index contributed by atoms with van der Waals surface area (Å²) in [5.41, 5.74) is 0.685. The van der Waals surface area contributed by atoms with E-state index in [1.165, 1.54) is 4.57 Å². The number of benzene rings is 1. The minimum atomic E-state index is -0.370. The Labute approximate surface area is 195 Å². The van der Waals surface area contributed by atoms with Crippen molar-refractivity contribution < 1.29 is 4.79 Å². The standard InChI is InChI=1S/C23H26Cl2N4O3/c1-3-10-27-21-19(22(31)28(11-4-2)23(27)32)29(13-16-17(24)6-5-7-18(16)25)20(26-21)14-8-9-15(30)12-14/h5-7,14H,3-4,8-13H2,1-2H3/t14-/m0/s1. The molecule has 7 nitrogen and oxygen atoms in total. The topological polar surface area (TPSA) is 78.9 Å². The zero-order valence-electron chi connectivity index (χ0n) is 18.2. The van der Waals surface area contributed by atoms with Crippen LogP contribution in [-0.4, -0.2) is 24.5 Å². The van der Waals surface area contributed by atoms with E-state index in [1.807, 2.05) is 18.4 Å². The van der Waals surface area contributed by atoms with Crippen LogP contribution in [0.25, 0.3) is 11.2 Å². The number of fused-ring (bicyclic) bond motifs is 1. The number of carbonyl (C=O) groups is 1. The summed E-state index contributed by atoms with van der Waals surface area (Å²) >= 11 is 12.9. The van der Waals surface area contributed by atoms with E-state index in [4.69, 9.17) is 28.2 Å². The van der Waals surface area contributed by atoms with E-state index in [9.17, 15) is 14.4 Å². The first-order valence-corrected chi connectivity index (χ1v) is 11.8. The van der Waals surface area contributed by atoms with Crippen LogP contribution in [0.15, 0.2) is 27.8 Å². The summed E-state index contributed by atoms with van der Waals surface area (Å²) in [6.45, 7) is 4.92. The molecule has 1 aliphatic carbocycles. The smallest absolute Gasteiger partial charge is 0.317 e. The van der Waals surface area contributed by atoms with Crippen molar-refractivity contribution in [2.75, 3.05) is 0 Å². The third kappa shape index (κ3) is 3.92. The summed E-state index contributed by atoms with van der Waals surface area (Å²) in [5, 5.41) is 0.979. The van der Waals surface area contributed by atoms with Gasteiger partial charge < -0.3 is 4.57 Å². The molecule has 1 atom stereocenters. The maximum Gasteiger partial charge on any atom is 0.332 e. The van der Waals surface area contributed by atoms with Gasteiger partial charge in [-0.3, -0.25) is 18.7 Å². The minimum absolute atomic E-state index is 0.111. The summed E-state index contributed by atoms with van der Waals surface area (Å²) in [4.78, 5) is 43.5. The summed E-state index contributed by atoms with van der Waals surface area (Å²) in [5.74, 6) is 0.705. The van der Waals surface area contributed by atoms with Gasteiger partial charge in [0.25, 0.3) is 5.56 Å². The first kappa shape index (κ1) is 22.8. The van der Waals surface area contributed by atoms with Crippen LogP contribution < -0.4 is 11.2 Å². The molecule has 0 saturated heterocycles. The Morgan fingerprint density at radius 1 is 1.00 bits per heavy atom. The van der Waals surface area contributed by atoms with Crippen molar-refractivity contribution >= 4 is 40.1 Å². The van der Waals surface area contributed by atoms with Gasteiger partial charge in [0.1, 0.15) is 11.6 Å². The van der Waals surface area contributed by atoms with Crippen molar-refractivity contribution in [3.05, 3.63) is 60.5 Å². The number of Topliss-reactive ketones (excluding diaryl/α,β-unsaturated/α-hetero) is 1. The largest absolute Gasteiger partial charge is 0.332 e. The van der Waals surface area contributed by atoms with Gasteiger partial charge in [0, 0.05) is 47.5 Å². The zero-order chi connectivity index (χ0) is 23.0. The molecule has 0 unspecified atom stereocenters. The highest BCUT2D eigenvalue weighted by Crippen LogP contribution is 2.34. The first-order chi connectivity index (χ1) is 15.4. The summed E-state index contributed by atoms with van der Waals surface area (Å²) in [6, 6.07) is 5.27. The van der Waals surface area contributed by atoms with E-state index in [2.05, 4.69) is 0 Å². The predicted octanol–water partition coefficient (Wildman–Crippen LogP) is 4.37. The fraction of sp³-hybridized carbons (Fsp3) is 0.478. The fourth-order valence-corrected chi connectivity index (χ4v) is 5.02. The lowest BCUT2D eigenvalue weighted by Gasteiger charge is -2.15. The van der Waals surface area contributed by atoms with E-state index in [1.54, 1.807) is 22.8 Å². The van der Waals surface area contributed by atoms with Crippen molar-refractivity contribution in [3.63, 3.8) is 0 Å². The summed E-state index contributed by atoms with van der Waals surface area (Å²) < 4.78 is 4.69. The van der Waals surface area contributed by atoms with Crippen molar-refractivity contribution in [3.8, 4) is 0 Å². The normalized spacial score (nSPS) is 16.4. The van der Waals surface area contributed by atoms with E-state index in [-0.39, 0.29) is 29.5 Å². The third-order valence-corrected chi connectivity index (χ3v) is 6.74. The van der Waals surface area contributed by atoms with Gasteiger partial charge in [0.05, 0.1) is 6.54 Å². The highest BCUT2D eigenvalue weighted by Gasteiger charge is 2.31. The number of aryl methyl sites for hydroxylation is 1. The minimum Gasteiger partial charge on any atom is -0.317 e. The highest BCUT2D eigenvalue weighted by molar-refractivity contribution is 6.36. The van der Waals surface area contributed by atoms with E-state index >= 15 is 0 Å². The maximum absolute atomic E-state index is 13.5. The molecule has 3 aromatic rings. The second kappa shape index (κ2) is 9.24. The van der Waals surface area contributed by atoms with Crippen LogP contribution in [-0.2, 0) is 24.4 Å². The second-order valence-electron chi connectivity index (χ2n) is 8.30. The van der Waals surface area contributed by atoms with E-state index in [0.29, 0.717) is 71.4 Å². The van der Waals surface area contributed by atoms with Gasteiger partial charge in [-0.1, -0.05) is 43.1 Å².